The van der Waals surface area contributed by atoms with E-state index >= 15 is 0 Å². The first kappa shape index (κ1) is 15.3. The Morgan fingerprint density at radius 2 is 2.10 bits per heavy atom. The molecule has 1 heterocycles. The molecule has 6 heteroatoms. The van der Waals surface area contributed by atoms with Crippen LogP contribution in [0.2, 0.25) is 10.0 Å². The van der Waals surface area contributed by atoms with Gasteiger partial charge in [0.25, 0.3) is 0 Å². The molecule has 0 aliphatic carbocycles. The van der Waals surface area contributed by atoms with Crippen LogP contribution in [0.4, 0.5) is 0 Å². The van der Waals surface area contributed by atoms with Crippen molar-refractivity contribution in [2.24, 2.45) is 0 Å². The Bertz CT molecular complexity index is 609. The van der Waals surface area contributed by atoms with Crippen LogP contribution in [-0.2, 0) is 0 Å². The zero-order valence-corrected chi connectivity index (χ0v) is 12.9. The van der Waals surface area contributed by atoms with Crippen molar-refractivity contribution in [2.45, 2.75) is 13.0 Å². The maximum atomic E-state index is 12.2. The van der Waals surface area contributed by atoms with Crippen LogP contribution in [-0.4, -0.2) is 23.6 Å². The minimum atomic E-state index is -0.614. The van der Waals surface area contributed by atoms with E-state index in [2.05, 4.69) is 0 Å². The number of rotatable bonds is 5. The summed E-state index contributed by atoms with van der Waals surface area (Å²) in [7, 11) is 0. The second-order valence-corrected chi connectivity index (χ2v) is 5.91. The van der Waals surface area contributed by atoms with E-state index < -0.39 is 6.10 Å². The molecule has 0 saturated carbocycles. The molecule has 1 aromatic carbocycles. The number of thiophene rings is 1. The minimum Gasteiger partial charge on any atom is -0.489 e. The van der Waals surface area contributed by atoms with Gasteiger partial charge in [-0.3, -0.25) is 4.79 Å². The summed E-state index contributed by atoms with van der Waals surface area (Å²) in [5, 5.41) is 11.3. The predicted octanol–water partition coefficient (Wildman–Crippen LogP) is 4.05. The average Bonchev–Trinajstić information content (AvgIpc) is 2.93. The third-order valence-corrected chi connectivity index (χ3v) is 4.25. The summed E-state index contributed by atoms with van der Waals surface area (Å²) in [6.07, 6.45) is -0.614. The van der Waals surface area contributed by atoms with Crippen LogP contribution in [0.15, 0.2) is 29.6 Å². The number of ketones is 1. The van der Waals surface area contributed by atoms with E-state index in [1.54, 1.807) is 31.2 Å². The van der Waals surface area contributed by atoms with E-state index in [4.69, 9.17) is 27.9 Å². The lowest BCUT2D eigenvalue weighted by molar-refractivity contribution is 0.104. The lowest BCUT2D eigenvalue weighted by atomic mass is 10.1. The first-order valence-corrected chi connectivity index (χ1v) is 7.51. The molecule has 1 aromatic heterocycles. The molecular formula is C14H12Cl2O3S. The topological polar surface area (TPSA) is 46.5 Å². The molecule has 1 unspecified atom stereocenters. The van der Waals surface area contributed by atoms with Crippen molar-refractivity contribution in [3.63, 3.8) is 0 Å². The maximum absolute atomic E-state index is 12.2. The van der Waals surface area contributed by atoms with E-state index in [0.29, 0.717) is 16.2 Å². The predicted molar refractivity (Wildman–Crippen MR) is 81.4 cm³/mol. The fraction of sp³-hybridized carbons (Fsp3) is 0.214. The summed E-state index contributed by atoms with van der Waals surface area (Å²) in [5.41, 5.74) is 0.337. The molecule has 0 saturated heterocycles. The Morgan fingerprint density at radius 1 is 1.35 bits per heavy atom. The molecule has 2 rings (SSSR count). The highest BCUT2D eigenvalue weighted by atomic mass is 35.5. The van der Waals surface area contributed by atoms with Crippen LogP contribution in [0.3, 0.4) is 0 Å². The Labute approximate surface area is 130 Å². The third-order valence-electron chi connectivity index (χ3n) is 2.52. The van der Waals surface area contributed by atoms with E-state index in [1.807, 2.05) is 5.38 Å². The molecule has 0 bridgehead atoms. The highest BCUT2D eigenvalue weighted by Gasteiger charge is 2.18. The van der Waals surface area contributed by atoms with Crippen LogP contribution < -0.4 is 4.74 Å². The monoisotopic (exact) mass is 330 g/mol. The van der Waals surface area contributed by atoms with Gasteiger partial charge in [0.1, 0.15) is 17.4 Å². The normalized spacial score (nSPS) is 12.2. The van der Waals surface area contributed by atoms with Gasteiger partial charge in [-0.05, 0) is 30.5 Å². The lowest BCUT2D eigenvalue weighted by Crippen LogP contribution is -2.13. The highest BCUT2D eigenvalue weighted by molar-refractivity contribution is 7.12. The number of hydrogen-bond donors (Lipinski definition) is 1. The zero-order valence-electron chi connectivity index (χ0n) is 10.6. The largest absolute Gasteiger partial charge is 0.489 e. The van der Waals surface area contributed by atoms with Gasteiger partial charge in [-0.15, -0.1) is 11.3 Å². The molecular weight excluding hydrogens is 319 g/mol. The van der Waals surface area contributed by atoms with E-state index in [1.165, 1.54) is 11.3 Å². The van der Waals surface area contributed by atoms with Gasteiger partial charge in [-0.2, -0.15) is 0 Å². The van der Waals surface area contributed by atoms with E-state index in [9.17, 15) is 9.90 Å². The standard InChI is InChI=1S/C14H12Cl2O3S/c1-8(17)7-19-10-5-4-9(12(15)13(10)16)14(18)11-3-2-6-20-11/h2-6,8,17H,7H2,1H3. The Balaban J connectivity index is 2.29. The SMILES string of the molecule is CC(O)COc1ccc(C(=O)c2cccs2)c(Cl)c1Cl. The number of aliphatic hydroxyl groups is 1. The van der Waals surface area contributed by atoms with Crippen LogP contribution >= 0.6 is 34.5 Å². The fourth-order valence-corrected chi connectivity index (χ4v) is 2.71. The zero-order chi connectivity index (χ0) is 14.7. The minimum absolute atomic E-state index is 0.105. The highest BCUT2D eigenvalue weighted by Crippen LogP contribution is 2.36. The van der Waals surface area contributed by atoms with Crippen molar-refractivity contribution in [1.29, 1.82) is 0 Å². The van der Waals surface area contributed by atoms with Crippen LogP contribution in [0.25, 0.3) is 0 Å². The molecule has 0 radical (unpaired) electrons. The summed E-state index contributed by atoms with van der Waals surface area (Å²) >= 11 is 13.6. The molecule has 3 nitrogen and oxygen atoms in total. The molecule has 106 valence electrons. The van der Waals surface area contributed by atoms with Crippen LogP contribution in [0.5, 0.6) is 5.75 Å². The molecule has 0 aliphatic rings. The van der Waals surface area contributed by atoms with Gasteiger partial charge in [0.15, 0.2) is 0 Å². The Morgan fingerprint density at radius 3 is 2.70 bits per heavy atom. The summed E-state index contributed by atoms with van der Waals surface area (Å²) in [6.45, 7) is 1.71. The summed E-state index contributed by atoms with van der Waals surface area (Å²) in [6, 6.07) is 6.69. The molecule has 1 N–H and O–H groups in total. The number of hydrogen-bond acceptors (Lipinski definition) is 4. The third kappa shape index (κ3) is 3.33. The molecule has 0 amide bonds. The molecule has 20 heavy (non-hydrogen) atoms. The number of ether oxygens (including phenoxy) is 1. The van der Waals surface area contributed by atoms with E-state index in [0.717, 1.165) is 0 Å². The van der Waals surface area contributed by atoms with Crippen molar-refractivity contribution < 1.29 is 14.6 Å². The van der Waals surface area contributed by atoms with Gasteiger partial charge in [0.2, 0.25) is 5.78 Å². The molecule has 1 atom stereocenters. The number of halogens is 2. The van der Waals surface area contributed by atoms with Gasteiger partial charge in [-0.1, -0.05) is 29.3 Å². The van der Waals surface area contributed by atoms with Gasteiger partial charge in [0.05, 0.1) is 16.0 Å². The summed E-state index contributed by atoms with van der Waals surface area (Å²) in [5.74, 6) is 0.175. The van der Waals surface area contributed by atoms with Crippen molar-refractivity contribution in [2.75, 3.05) is 6.61 Å². The van der Waals surface area contributed by atoms with Gasteiger partial charge in [-0.25, -0.2) is 0 Å². The van der Waals surface area contributed by atoms with Gasteiger partial charge < -0.3 is 9.84 Å². The number of carbonyl (C=O) groups excluding carboxylic acids is 1. The van der Waals surface area contributed by atoms with Crippen LogP contribution in [0.1, 0.15) is 22.2 Å². The van der Waals surface area contributed by atoms with Gasteiger partial charge >= 0.3 is 0 Å². The van der Waals surface area contributed by atoms with Crippen molar-refractivity contribution in [3.8, 4) is 5.75 Å². The summed E-state index contributed by atoms with van der Waals surface area (Å²) < 4.78 is 5.33. The second kappa shape index (κ2) is 6.59. The Kier molecular flexibility index (Phi) is 5.05. The molecule has 0 spiro atoms. The molecule has 0 fully saturated rings. The number of carbonyl (C=O) groups is 1. The molecule has 2 aromatic rings. The van der Waals surface area contributed by atoms with Crippen LogP contribution in [0, 0.1) is 0 Å². The maximum Gasteiger partial charge on any atom is 0.204 e. The fourth-order valence-electron chi connectivity index (χ4n) is 1.57. The first-order valence-electron chi connectivity index (χ1n) is 5.87. The van der Waals surface area contributed by atoms with Crippen molar-refractivity contribution in [3.05, 3.63) is 50.1 Å². The second-order valence-electron chi connectivity index (χ2n) is 4.21. The lowest BCUT2D eigenvalue weighted by Gasteiger charge is -2.12. The molecule has 0 aliphatic heterocycles. The smallest absolute Gasteiger partial charge is 0.204 e. The summed E-state index contributed by atoms with van der Waals surface area (Å²) in [4.78, 5) is 12.8. The van der Waals surface area contributed by atoms with E-state index in [-0.39, 0.29) is 22.4 Å². The Hall–Kier alpha value is -1.07. The van der Waals surface area contributed by atoms with Crippen molar-refractivity contribution in [1.82, 2.24) is 0 Å². The van der Waals surface area contributed by atoms with Crippen molar-refractivity contribution >= 4 is 40.3 Å². The van der Waals surface area contributed by atoms with Gasteiger partial charge in [0, 0.05) is 5.56 Å². The average molecular weight is 331 g/mol. The number of benzene rings is 1. The first-order chi connectivity index (χ1) is 9.50. The quantitative estimate of drug-likeness (QED) is 0.841. The number of aliphatic hydroxyl groups excluding tert-OH is 1.